The molecule has 1 unspecified atom stereocenters. The molecule has 10 heteroatoms. The zero-order valence-corrected chi connectivity index (χ0v) is 32.6. The molecule has 3 aromatic carbocycles. The molecule has 0 N–H and O–H groups in total. The Morgan fingerprint density at radius 1 is 0.533 bits per heavy atom. The molecule has 0 aliphatic rings. The molecule has 1 atom stereocenters. The summed E-state index contributed by atoms with van der Waals surface area (Å²) in [5.74, 6) is 0. The van der Waals surface area contributed by atoms with Crippen molar-refractivity contribution in [2.24, 2.45) is 0 Å². The van der Waals surface area contributed by atoms with Crippen molar-refractivity contribution in [1.82, 2.24) is 0 Å². The van der Waals surface area contributed by atoms with Crippen LogP contribution in [0.2, 0.25) is 13.3 Å². The predicted octanol–water partition coefficient (Wildman–Crippen LogP) is 9.71. The average Bonchev–Trinajstić information content (AvgIpc) is 3.07. The summed E-state index contributed by atoms with van der Waals surface area (Å²) in [5, 5.41) is 0. The molecule has 0 radical (unpaired) electrons. The summed E-state index contributed by atoms with van der Waals surface area (Å²) >= 11 is -9.19. The number of carbonyl (C=O) groups excluding carboxylic acids is 2. The normalized spacial score (nSPS) is 12.6. The minimum absolute atomic E-state index is 0.0660. The maximum atomic E-state index is 13.3. The number of benzene rings is 3. The van der Waals surface area contributed by atoms with E-state index in [-0.39, 0.29) is 19.8 Å². The van der Waals surface area contributed by atoms with Crippen LogP contribution in [0.1, 0.15) is 76.0 Å². The van der Waals surface area contributed by atoms with Gasteiger partial charge in [0.1, 0.15) is 0 Å². The van der Waals surface area contributed by atoms with Gasteiger partial charge in [-0.2, -0.15) is 0 Å². The maximum absolute atomic E-state index is 13.3. The van der Waals surface area contributed by atoms with Crippen molar-refractivity contribution in [2.45, 2.75) is 92.4 Å². The van der Waals surface area contributed by atoms with Crippen molar-refractivity contribution in [3.63, 3.8) is 0 Å². The molecule has 45 heavy (non-hydrogen) atoms. The summed E-state index contributed by atoms with van der Waals surface area (Å²) in [6.45, 7) is 6.65. The molecule has 0 spiro atoms. The zero-order chi connectivity index (χ0) is 32.2. The van der Waals surface area contributed by atoms with Gasteiger partial charge in [-0.05, 0) is 0 Å². The van der Waals surface area contributed by atoms with Crippen LogP contribution in [-0.4, -0.2) is 51.1 Å². The molecule has 0 aliphatic heterocycles. The molecule has 8 nitrogen and oxygen atoms in total. The third kappa shape index (κ3) is 13.9. The SMILES string of the molecule is CCC[CH2][Sn]([CH2]CCC)([O]C(=O)OCc1ccccc1)[O][Sn]([CH2]CCC)([O]Cc1ccccc1)[O]C(=O)OCc1ccccc1. The molecule has 0 amide bonds. The van der Waals surface area contributed by atoms with Crippen molar-refractivity contribution < 1.29 is 29.7 Å². The first-order chi connectivity index (χ1) is 21.9. The van der Waals surface area contributed by atoms with Crippen molar-refractivity contribution in [2.75, 3.05) is 0 Å². The zero-order valence-electron chi connectivity index (χ0n) is 26.9. The minimum atomic E-state index is -4.83. The fourth-order valence-corrected chi connectivity index (χ4v) is 39.6. The Labute approximate surface area is 279 Å². The van der Waals surface area contributed by atoms with Gasteiger partial charge in [0.2, 0.25) is 0 Å². The van der Waals surface area contributed by atoms with Crippen molar-refractivity contribution in [3.8, 4) is 0 Å². The molecule has 244 valence electrons. The van der Waals surface area contributed by atoms with E-state index in [0.717, 1.165) is 55.2 Å². The van der Waals surface area contributed by atoms with Gasteiger partial charge in [0, 0.05) is 0 Å². The van der Waals surface area contributed by atoms with Gasteiger partial charge in [-0.1, -0.05) is 0 Å². The van der Waals surface area contributed by atoms with Gasteiger partial charge in [-0.15, -0.1) is 0 Å². The first-order valence-corrected chi connectivity index (χ1v) is 28.0. The van der Waals surface area contributed by atoms with Gasteiger partial charge >= 0.3 is 281 Å². The molecule has 3 rings (SSSR count). The quantitative estimate of drug-likeness (QED) is 0.0822. The van der Waals surface area contributed by atoms with E-state index < -0.39 is 51.1 Å². The van der Waals surface area contributed by atoms with Crippen LogP contribution in [0.4, 0.5) is 9.59 Å². The van der Waals surface area contributed by atoms with Gasteiger partial charge in [0.15, 0.2) is 0 Å². The molecule has 0 saturated carbocycles. The first kappa shape index (κ1) is 37.2. The summed E-state index contributed by atoms with van der Waals surface area (Å²) in [7, 11) is 0. The summed E-state index contributed by atoms with van der Waals surface area (Å²) in [4.78, 5) is 26.6. The number of ether oxygens (including phenoxy) is 2. The second-order valence-corrected chi connectivity index (χ2v) is 30.9. The molecule has 0 saturated heterocycles. The predicted molar refractivity (Wildman–Crippen MR) is 178 cm³/mol. The van der Waals surface area contributed by atoms with E-state index in [1.807, 2.05) is 91.0 Å². The monoisotopic (exact) mass is 836 g/mol. The molecular formula is C35H48O8Sn2. The van der Waals surface area contributed by atoms with E-state index in [9.17, 15) is 9.59 Å². The molecule has 0 aromatic heterocycles. The second-order valence-electron chi connectivity index (χ2n) is 11.0. The number of rotatable bonds is 20. The van der Waals surface area contributed by atoms with Gasteiger partial charge in [0.05, 0.1) is 0 Å². The van der Waals surface area contributed by atoms with Gasteiger partial charge in [-0.25, -0.2) is 0 Å². The Kier molecular flexibility index (Phi) is 17.2. The number of unbranched alkanes of at least 4 members (excludes halogenated alkanes) is 3. The van der Waals surface area contributed by atoms with E-state index in [1.165, 1.54) is 0 Å². The van der Waals surface area contributed by atoms with Crippen LogP contribution in [0.25, 0.3) is 0 Å². The van der Waals surface area contributed by atoms with Gasteiger partial charge < -0.3 is 0 Å². The number of hydrogen-bond acceptors (Lipinski definition) is 8. The Morgan fingerprint density at radius 2 is 0.933 bits per heavy atom. The molecule has 0 fully saturated rings. The van der Waals surface area contributed by atoms with Crippen LogP contribution in [0.15, 0.2) is 91.0 Å². The van der Waals surface area contributed by atoms with Crippen LogP contribution < -0.4 is 0 Å². The fraction of sp³-hybridized carbons (Fsp3) is 0.429. The summed E-state index contributed by atoms with van der Waals surface area (Å²) < 4.78 is 39.2. The summed E-state index contributed by atoms with van der Waals surface area (Å²) in [5.41, 5.74) is 2.65. The Morgan fingerprint density at radius 3 is 1.38 bits per heavy atom. The van der Waals surface area contributed by atoms with Crippen molar-refractivity contribution in [1.29, 1.82) is 0 Å². The molecule has 0 bridgehead atoms. The average molecular weight is 834 g/mol. The summed E-state index contributed by atoms with van der Waals surface area (Å²) in [6, 6.07) is 28.7. The molecular weight excluding hydrogens is 786 g/mol. The van der Waals surface area contributed by atoms with Crippen molar-refractivity contribution in [3.05, 3.63) is 108 Å². The standard InChI is InChI=1S/2C8H8O3.C7H7O.3C4H9.O.2Sn/c2*9-8(10)11-6-7-4-2-1-3-5-7;8-6-7-4-2-1-3-5-7;3*1-3-4-2;;;/h2*1-5H,6H2,(H,9,10);1-5H,6H2;3*1,3-4H2,2H3;;;/q;;-1;;;;;+1;+2/p-2. The molecule has 0 aliphatic carbocycles. The van der Waals surface area contributed by atoms with Crippen LogP contribution in [0.5, 0.6) is 0 Å². The topological polar surface area (TPSA) is 89.5 Å². The van der Waals surface area contributed by atoms with Crippen molar-refractivity contribution >= 4 is 51.1 Å². The van der Waals surface area contributed by atoms with E-state index >= 15 is 0 Å². The Balaban J connectivity index is 1.93. The van der Waals surface area contributed by atoms with E-state index in [1.54, 1.807) is 0 Å². The molecule has 0 heterocycles. The van der Waals surface area contributed by atoms with Crippen LogP contribution in [-0.2, 0) is 39.9 Å². The van der Waals surface area contributed by atoms with Crippen LogP contribution in [0.3, 0.4) is 0 Å². The van der Waals surface area contributed by atoms with Gasteiger partial charge in [-0.3, -0.25) is 0 Å². The number of hydrogen-bond donors (Lipinski definition) is 0. The molecule has 3 aromatic rings. The second kappa shape index (κ2) is 20.8. The van der Waals surface area contributed by atoms with E-state index in [4.69, 9.17) is 20.1 Å². The van der Waals surface area contributed by atoms with Gasteiger partial charge in [0.25, 0.3) is 0 Å². The third-order valence-corrected chi connectivity index (χ3v) is 35.9. The van der Waals surface area contributed by atoms with Crippen LogP contribution in [0, 0.1) is 0 Å². The van der Waals surface area contributed by atoms with E-state index in [2.05, 4.69) is 20.8 Å². The number of carbonyl (C=O) groups is 2. The fourth-order valence-electron chi connectivity index (χ4n) is 4.71. The Bertz CT molecular complexity index is 1240. The van der Waals surface area contributed by atoms with Crippen LogP contribution >= 0.6 is 0 Å². The Hall–Kier alpha value is -2.28. The third-order valence-electron chi connectivity index (χ3n) is 7.21. The first-order valence-electron chi connectivity index (χ1n) is 16.1. The summed E-state index contributed by atoms with van der Waals surface area (Å²) in [6.07, 6.45) is 3.46. The van der Waals surface area contributed by atoms with E-state index in [0.29, 0.717) is 13.3 Å².